The highest BCUT2D eigenvalue weighted by molar-refractivity contribution is 7.08. The molecule has 4 rings (SSSR count). The van der Waals surface area contributed by atoms with Crippen LogP contribution in [0.4, 0.5) is 5.69 Å². The second kappa shape index (κ2) is 7.72. The van der Waals surface area contributed by atoms with Crippen LogP contribution in [-0.2, 0) is 0 Å². The van der Waals surface area contributed by atoms with Gasteiger partial charge < -0.3 is 10.2 Å². The molecule has 1 aliphatic heterocycles. The van der Waals surface area contributed by atoms with Crippen molar-refractivity contribution in [2.45, 2.75) is 18.9 Å². The van der Waals surface area contributed by atoms with Crippen LogP contribution < -0.4 is 5.32 Å². The summed E-state index contributed by atoms with van der Waals surface area (Å²) >= 11 is 1.66. The fourth-order valence-electron chi connectivity index (χ4n) is 3.39. The number of carbonyl (C=O) groups excluding carboxylic acids is 2. The number of amides is 2. The predicted octanol–water partition coefficient (Wildman–Crippen LogP) is 4.37. The molecule has 0 aliphatic carbocycles. The van der Waals surface area contributed by atoms with Crippen molar-refractivity contribution in [2.24, 2.45) is 0 Å². The van der Waals surface area contributed by atoms with E-state index in [9.17, 15) is 9.59 Å². The summed E-state index contributed by atoms with van der Waals surface area (Å²) < 4.78 is 0. The molecule has 27 heavy (non-hydrogen) atoms. The number of carbonyl (C=O) groups is 2. The molecule has 3 heterocycles. The fraction of sp³-hybridized carbons (Fsp3) is 0.190. The number of nitrogens with one attached hydrogen (secondary N) is 1. The Hall–Kier alpha value is -2.99. The molecular formula is C21H19N3O2S. The van der Waals surface area contributed by atoms with Crippen LogP contribution >= 0.6 is 11.3 Å². The molecule has 136 valence electrons. The van der Waals surface area contributed by atoms with E-state index in [1.165, 1.54) is 5.56 Å². The molecule has 0 saturated carbocycles. The Morgan fingerprint density at radius 2 is 1.81 bits per heavy atom. The lowest BCUT2D eigenvalue weighted by molar-refractivity contribution is 0.0736. The summed E-state index contributed by atoms with van der Waals surface area (Å²) in [5.41, 5.74) is 3.05. The number of aromatic nitrogens is 1. The number of nitrogens with zero attached hydrogens (tertiary/aromatic N) is 2. The van der Waals surface area contributed by atoms with Gasteiger partial charge in [0.1, 0.15) is 0 Å². The first-order valence-corrected chi connectivity index (χ1v) is 9.81. The third-order valence-electron chi connectivity index (χ3n) is 4.77. The summed E-state index contributed by atoms with van der Waals surface area (Å²) in [5.74, 6) is -0.163. The predicted molar refractivity (Wildman–Crippen MR) is 106 cm³/mol. The maximum Gasteiger partial charge on any atom is 0.255 e. The lowest BCUT2D eigenvalue weighted by Gasteiger charge is -2.24. The summed E-state index contributed by atoms with van der Waals surface area (Å²) in [4.78, 5) is 31.0. The van der Waals surface area contributed by atoms with E-state index in [1.54, 1.807) is 60.1 Å². The number of rotatable bonds is 4. The molecule has 0 spiro atoms. The van der Waals surface area contributed by atoms with Gasteiger partial charge in [-0.3, -0.25) is 14.6 Å². The van der Waals surface area contributed by atoms with E-state index >= 15 is 0 Å². The molecule has 1 N–H and O–H groups in total. The zero-order chi connectivity index (χ0) is 18.6. The smallest absolute Gasteiger partial charge is 0.255 e. The van der Waals surface area contributed by atoms with Crippen molar-refractivity contribution in [2.75, 3.05) is 11.9 Å². The monoisotopic (exact) mass is 377 g/mol. The van der Waals surface area contributed by atoms with Gasteiger partial charge in [-0.15, -0.1) is 0 Å². The maximum atomic E-state index is 12.9. The van der Waals surface area contributed by atoms with Crippen LogP contribution in [-0.4, -0.2) is 28.2 Å². The largest absolute Gasteiger partial charge is 0.332 e. The number of likely N-dealkylation sites (tertiary alicyclic amines) is 1. The van der Waals surface area contributed by atoms with E-state index in [2.05, 4.69) is 27.1 Å². The van der Waals surface area contributed by atoms with Crippen molar-refractivity contribution in [3.05, 3.63) is 82.3 Å². The Balaban J connectivity index is 1.45. The van der Waals surface area contributed by atoms with Gasteiger partial charge in [0.15, 0.2) is 0 Å². The average molecular weight is 377 g/mol. The van der Waals surface area contributed by atoms with E-state index in [1.807, 2.05) is 4.90 Å². The summed E-state index contributed by atoms with van der Waals surface area (Å²) in [7, 11) is 0. The van der Waals surface area contributed by atoms with Gasteiger partial charge in [-0.1, -0.05) is 0 Å². The number of hydrogen-bond donors (Lipinski definition) is 1. The van der Waals surface area contributed by atoms with Crippen LogP contribution in [0.3, 0.4) is 0 Å². The van der Waals surface area contributed by atoms with Crippen molar-refractivity contribution in [3.8, 4) is 0 Å². The van der Waals surface area contributed by atoms with E-state index in [-0.39, 0.29) is 17.9 Å². The highest BCUT2D eigenvalue weighted by Gasteiger charge is 2.30. The van der Waals surface area contributed by atoms with Crippen molar-refractivity contribution < 1.29 is 9.59 Å². The first kappa shape index (κ1) is 17.4. The highest BCUT2D eigenvalue weighted by Crippen LogP contribution is 2.34. The van der Waals surface area contributed by atoms with Gasteiger partial charge in [-0.05, 0) is 71.6 Å². The van der Waals surface area contributed by atoms with Crippen LogP contribution in [0.5, 0.6) is 0 Å². The zero-order valence-corrected chi connectivity index (χ0v) is 15.5. The van der Waals surface area contributed by atoms with E-state index < -0.39 is 0 Å². The average Bonchev–Trinajstić information content (AvgIpc) is 3.40. The summed E-state index contributed by atoms with van der Waals surface area (Å²) in [6.07, 6.45) is 5.18. The molecule has 0 radical (unpaired) electrons. The fourth-order valence-corrected chi connectivity index (χ4v) is 4.10. The molecule has 0 bridgehead atoms. The Morgan fingerprint density at radius 1 is 1.04 bits per heavy atom. The SMILES string of the molecule is O=C(Nc1ccc(C(=O)N2CCC[C@@H]2c2ccsc2)cc1)c1ccncc1. The number of pyridine rings is 1. The minimum absolute atomic E-state index is 0.0377. The van der Waals surface area contributed by atoms with Crippen LogP contribution in [0.1, 0.15) is 45.2 Å². The minimum atomic E-state index is -0.200. The molecule has 1 aliphatic rings. The molecule has 5 nitrogen and oxygen atoms in total. The van der Waals surface area contributed by atoms with Crippen LogP contribution in [0, 0.1) is 0 Å². The number of hydrogen-bond acceptors (Lipinski definition) is 4. The van der Waals surface area contributed by atoms with Crippen LogP contribution in [0.2, 0.25) is 0 Å². The first-order valence-electron chi connectivity index (χ1n) is 8.87. The molecule has 1 saturated heterocycles. The van der Waals surface area contributed by atoms with Crippen molar-refractivity contribution >= 4 is 28.8 Å². The lowest BCUT2D eigenvalue weighted by Crippen LogP contribution is -2.30. The summed E-state index contributed by atoms with van der Waals surface area (Å²) in [5, 5.41) is 7.01. The first-order chi connectivity index (χ1) is 13.2. The Kier molecular flexibility index (Phi) is 4.98. The Morgan fingerprint density at radius 3 is 2.52 bits per heavy atom. The Bertz CT molecular complexity index is 924. The normalized spacial score (nSPS) is 16.3. The molecule has 3 aromatic rings. The molecule has 6 heteroatoms. The van der Waals surface area contributed by atoms with Gasteiger partial charge in [0.05, 0.1) is 6.04 Å². The zero-order valence-electron chi connectivity index (χ0n) is 14.7. The van der Waals surface area contributed by atoms with Crippen LogP contribution in [0.25, 0.3) is 0 Å². The van der Waals surface area contributed by atoms with Crippen molar-refractivity contribution in [1.29, 1.82) is 0 Å². The molecule has 2 aromatic heterocycles. The third-order valence-corrected chi connectivity index (χ3v) is 5.48. The topological polar surface area (TPSA) is 62.3 Å². The van der Waals surface area contributed by atoms with Crippen molar-refractivity contribution in [1.82, 2.24) is 9.88 Å². The summed E-state index contributed by atoms with van der Waals surface area (Å²) in [6, 6.07) is 12.6. The van der Waals surface area contributed by atoms with Crippen LogP contribution in [0.15, 0.2) is 65.6 Å². The molecule has 0 unspecified atom stereocenters. The molecule has 1 atom stereocenters. The number of thiophene rings is 1. The van der Waals surface area contributed by atoms with Gasteiger partial charge in [0.2, 0.25) is 0 Å². The Labute approximate surface area is 161 Å². The number of benzene rings is 1. The molecule has 1 aromatic carbocycles. The van der Waals surface area contributed by atoms with Gasteiger partial charge >= 0.3 is 0 Å². The molecule has 1 fully saturated rings. The quantitative estimate of drug-likeness (QED) is 0.734. The molecular weight excluding hydrogens is 358 g/mol. The minimum Gasteiger partial charge on any atom is -0.332 e. The lowest BCUT2D eigenvalue weighted by atomic mass is 10.1. The maximum absolute atomic E-state index is 12.9. The van der Waals surface area contributed by atoms with E-state index in [0.717, 1.165) is 19.4 Å². The summed E-state index contributed by atoms with van der Waals surface area (Å²) in [6.45, 7) is 0.778. The third kappa shape index (κ3) is 3.75. The molecule has 2 amide bonds. The van der Waals surface area contributed by atoms with Gasteiger partial charge in [0, 0.05) is 35.8 Å². The van der Waals surface area contributed by atoms with E-state index in [4.69, 9.17) is 0 Å². The highest BCUT2D eigenvalue weighted by atomic mass is 32.1. The second-order valence-electron chi connectivity index (χ2n) is 6.48. The number of anilines is 1. The van der Waals surface area contributed by atoms with Crippen molar-refractivity contribution in [3.63, 3.8) is 0 Å². The second-order valence-corrected chi connectivity index (χ2v) is 7.26. The van der Waals surface area contributed by atoms with Gasteiger partial charge in [-0.25, -0.2) is 0 Å². The van der Waals surface area contributed by atoms with Gasteiger partial charge in [-0.2, -0.15) is 11.3 Å². The standard InChI is InChI=1S/C21H19N3O2S/c25-20(15-7-10-22-11-8-15)23-18-5-3-16(4-6-18)21(26)24-12-1-2-19(24)17-9-13-27-14-17/h3-11,13-14,19H,1-2,12H2,(H,23,25)/t19-/m1/s1. The van der Waals surface area contributed by atoms with E-state index in [0.29, 0.717) is 16.8 Å². The van der Waals surface area contributed by atoms with Gasteiger partial charge in [0.25, 0.3) is 11.8 Å².